The minimum absolute atomic E-state index is 0.0749. The van der Waals surface area contributed by atoms with Gasteiger partial charge in [-0.25, -0.2) is 9.36 Å². The van der Waals surface area contributed by atoms with Crippen molar-refractivity contribution in [2.45, 2.75) is 38.6 Å². The first-order chi connectivity index (χ1) is 12.7. The Kier molecular flexibility index (Phi) is 4.28. The van der Waals surface area contributed by atoms with E-state index in [1.807, 2.05) is 37.3 Å². The normalized spacial score (nSPS) is 13.9. The first kappa shape index (κ1) is 16.5. The van der Waals surface area contributed by atoms with Gasteiger partial charge in [-0.3, -0.25) is 9.59 Å². The van der Waals surface area contributed by atoms with Crippen LogP contribution in [0, 0.1) is 0 Å². The number of nitrogens with one attached hydrogen (secondary N) is 1. The number of aromatic nitrogens is 4. The average Bonchev–Trinajstić information content (AvgIpc) is 3.40. The van der Waals surface area contributed by atoms with Gasteiger partial charge in [0.1, 0.15) is 12.1 Å². The fourth-order valence-corrected chi connectivity index (χ4v) is 3.08. The molecule has 1 aromatic carbocycles. The Labute approximate surface area is 150 Å². The Balaban J connectivity index is 1.84. The summed E-state index contributed by atoms with van der Waals surface area (Å²) >= 11 is 0. The minimum atomic E-state index is -0.294. The number of nitrogens with zero attached hydrogens (tertiary/aromatic N) is 4. The third-order valence-electron chi connectivity index (χ3n) is 4.54. The molecular formula is C19H21N5O2. The maximum atomic E-state index is 13.0. The van der Waals surface area contributed by atoms with Crippen molar-refractivity contribution in [1.82, 2.24) is 24.9 Å². The lowest BCUT2D eigenvalue weighted by atomic mass is 10.2. The van der Waals surface area contributed by atoms with Gasteiger partial charge in [0.2, 0.25) is 5.91 Å². The van der Waals surface area contributed by atoms with Gasteiger partial charge in [0.25, 0.3) is 5.56 Å². The van der Waals surface area contributed by atoms with Crippen LogP contribution in [0.3, 0.4) is 0 Å². The van der Waals surface area contributed by atoms with Gasteiger partial charge < -0.3 is 5.32 Å². The zero-order chi connectivity index (χ0) is 18.1. The standard InChI is InChI=1S/C19H21N5O2/c1-2-10-20-16(25)12-23-19(26)18-15(17(22-23)13-8-9-13)11-21-24(18)14-6-4-3-5-7-14/h3-7,11,13H,2,8-10,12H2,1H3,(H,20,25). The molecule has 0 saturated heterocycles. The second-order valence-electron chi connectivity index (χ2n) is 6.63. The summed E-state index contributed by atoms with van der Waals surface area (Å²) in [5, 5.41) is 12.5. The molecule has 0 unspecified atom stereocenters. The molecule has 4 rings (SSSR count). The van der Waals surface area contributed by atoms with Crippen LogP contribution in [-0.2, 0) is 11.3 Å². The highest BCUT2D eigenvalue weighted by Crippen LogP contribution is 2.41. The summed E-state index contributed by atoms with van der Waals surface area (Å²) in [6, 6.07) is 9.54. The van der Waals surface area contributed by atoms with Crippen molar-refractivity contribution in [1.29, 1.82) is 0 Å². The van der Waals surface area contributed by atoms with E-state index < -0.39 is 0 Å². The monoisotopic (exact) mass is 351 g/mol. The van der Waals surface area contributed by atoms with E-state index in [9.17, 15) is 9.59 Å². The fraction of sp³-hybridized carbons (Fsp3) is 0.368. The van der Waals surface area contributed by atoms with Gasteiger partial charge in [-0.05, 0) is 31.4 Å². The molecule has 1 fully saturated rings. The number of carbonyl (C=O) groups is 1. The van der Waals surface area contributed by atoms with E-state index in [2.05, 4.69) is 15.5 Å². The molecular weight excluding hydrogens is 330 g/mol. The average molecular weight is 351 g/mol. The van der Waals surface area contributed by atoms with E-state index in [1.165, 1.54) is 4.68 Å². The van der Waals surface area contributed by atoms with E-state index >= 15 is 0 Å². The van der Waals surface area contributed by atoms with Crippen molar-refractivity contribution in [3.05, 3.63) is 52.6 Å². The number of hydrogen-bond acceptors (Lipinski definition) is 4. The summed E-state index contributed by atoms with van der Waals surface area (Å²) < 4.78 is 2.92. The van der Waals surface area contributed by atoms with Gasteiger partial charge in [0, 0.05) is 17.8 Å². The molecule has 0 radical (unpaired) electrons. The SMILES string of the molecule is CCCNC(=O)Cn1nc(C2CC2)c2cnn(-c3ccccc3)c2c1=O. The van der Waals surface area contributed by atoms with E-state index in [-0.39, 0.29) is 18.0 Å². The molecule has 0 spiro atoms. The lowest BCUT2D eigenvalue weighted by Crippen LogP contribution is -2.35. The molecule has 1 saturated carbocycles. The lowest BCUT2D eigenvalue weighted by Gasteiger charge is -2.10. The molecule has 3 aromatic rings. The van der Waals surface area contributed by atoms with Gasteiger partial charge in [-0.1, -0.05) is 25.1 Å². The van der Waals surface area contributed by atoms with Crippen LogP contribution >= 0.6 is 0 Å². The number of benzene rings is 1. The number of amides is 1. The third kappa shape index (κ3) is 3.00. The van der Waals surface area contributed by atoms with Crippen LogP contribution in [0.4, 0.5) is 0 Å². The van der Waals surface area contributed by atoms with Crippen molar-refractivity contribution in [3.8, 4) is 5.69 Å². The van der Waals surface area contributed by atoms with Gasteiger partial charge in [-0.15, -0.1) is 0 Å². The quantitative estimate of drug-likeness (QED) is 0.736. The number of para-hydroxylation sites is 1. The molecule has 0 atom stereocenters. The van der Waals surface area contributed by atoms with Crippen LogP contribution < -0.4 is 10.9 Å². The molecule has 1 aliphatic carbocycles. The van der Waals surface area contributed by atoms with Crippen molar-refractivity contribution in [3.63, 3.8) is 0 Å². The summed E-state index contributed by atoms with van der Waals surface area (Å²) in [6.45, 7) is 2.50. The van der Waals surface area contributed by atoms with E-state index in [0.717, 1.165) is 36.0 Å². The summed E-state index contributed by atoms with van der Waals surface area (Å²) in [5.41, 5.74) is 1.87. The molecule has 1 amide bonds. The molecule has 26 heavy (non-hydrogen) atoms. The molecule has 1 aliphatic rings. The maximum Gasteiger partial charge on any atom is 0.293 e. The summed E-state index contributed by atoms with van der Waals surface area (Å²) in [6.07, 6.45) is 4.67. The van der Waals surface area contributed by atoms with Crippen LogP contribution in [0.25, 0.3) is 16.6 Å². The smallest absolute Gasteiger partial charge is 0.293 e. The summed E-state index contributed by atoms with van der Waals surface area (Å²) in [5.74, 6) is 0.143. The molecule has 0 aliphatic heterocycles. The highest BCUT2D eigenvalue weighted by atomic mass is 16.2. The molecule has 134 valence electrons. The van der Waals surface area contributed by atoms with Gasteiger partial charge >= 0.3 is 0 Å². The zero-order valence-electron chi connectivity index (χ0n) is 14.7. The maximum absolute atomic E-state index is 13.0. The van der Waals surface area contributed by atoms with Crippen molar-refractivity contribution >= 4 is 16.8 Å². The fourth-order valence-electron chi connectivity index (χ4n) is 3.08. The van der Waals surface area contributed by atoms with Gasteiger partial charge in [0.15, 0.2) is 0 Å². The molecule has 0 bridgehead atoms. The Morgan fingerprint density at radius 2 is 2.04 bits per heavy atom. The van der Waals surface area contributed by atoms with E-state index in [0.29, 0.717) is 18.0 Å². The molecule has 7 nitrogen and oxygen atoms in total. The molecule has 2 aromatic heterocycles. The van der Waals surface area contributed by atoms with E-state index in [4.69, 9.17) is 0 Å². The summed E-state index contributed by atoms with van der Waals surface area (Å²) in [4.78, 5) is 25.2. The Hall–Kier alpha value is -2.96. The highest BCUT2D eigenvalue weighted by Gasteiger charge is 2.30. The van der Waals surface area contributed by atoms with Crippen molar-refractivity contribution in [2.75, 3.05) is 6.54 Å². The number of fused-ring (bicyclic) bond motifs is 1. The number of rotatable bonds is 6. The zero-order valence-corrected chi connectivity index (χ0v) is 14.7. The highest BCUT2D eigenvalue weighted by molar-refractivity contribution is 5.83. The third-order valence-corrected chi connectivity index (χ3v) is 4.54. The van der Waals surface area contributed by atoms with Crippen molar-refractivity contribution in [2.24, 2.45) is 0 Å². The van der Waals surface area contributed by atoms with Gasteiger partial charge in [0.05, 0.1) is 17.6 Å². The van der Waals surface area contributed by atoms with Gasteiger partial charge in [-0.2, -0.15) is 10.2 Å². The Morgan fingerprint density at radius 3 is 2.73 bits per heavy atom. The van der Waals surface area contributed by atoms with Crippen LogP contribution in [0.1, 0.15) is 37.8 Å². The first-order valence-electron chi connectivity index (χ1n) is 9.00. The predicted octanol–water partition coefficient (Wildman–Crippen LogP) is 1.99. The molecule has 2 heterocycles. The topological polar surface area (TPSA) is 81.8 Å². The van der Waals surface area contributed by atoms with Crippen LogP contribution in [0.2, 0.25) is 0 Å². The number of hydrogen-bond donors (Lipinski definition) is 1. The predicted molar refractivity (Wildman–Crippen MR) is 98.4 cm³/mol. The molecule has 1 N–H and O–H groups in total. The lowest BCUT2D eigenvalue weighted by molar-refractivity contribution is -0.121. The Morgan fingerprint density at radius 1 is 1.27 bits per heavy atom. The van der Waals surface area contributed by atoms with Crippen LogP contribution in [0.15, 0.2) is 41.3 Å². The van der Waals surface area contributed by atoms with Crippen molar-refractivity contribution < 1.29 is 4.79 Å². The molecule has 7 heteroatoms. The summed E-state index contributed by atoms with van der Waals surface area (Å²) in [7, 11) is 0. The van der Waals surface area contributed by atoms with E-state index in [1.54, 1.807) is 10.9 Å². The number of carbonyl (C=O) groups excluding carboxylic acids is 1. The first-order valence-corrected chi connectivity index (χ1v) is 9.00. The Bertz CT molecular complexity index is 1000. The van der Waals surface area contributed by atoms with Crippen LogP contribution in [0.5, 0.6) is 0 Å². The largest absolute Gasteiger partial charge is 0.355 e. The second-order valence-corrected chi connectivity index (χ2v) is 6.63. The second kappa shape index (κ2) is 6.74. The minimum Gasteiger partial charge on any atom is -0.355 e. The van der Waals surface area contributed by atoms with Crippen LogP contribution in [-0.4, -0.2) is 32.0 Å².